The lowest BCUT2D eigenvalue weighted by Crippen LogP contribution is -1.92. The lowest BCUT2D eigenvalue weighted by atomic mass is 10.0. The van der Waals surface area contributed by atoms with Crippen molar-refractivity contribution in [2.45, 2.75) is 0 Å². The second-order valence-corrected chi connectivity index (χ2v) is 4.37. The molecule has 2 aromatic rings. The third-order valence-electron chi connectivity index (χ3n) is 3.09. The molecule has 1 aromatic carbocycles. The second kappa shape index (κ2) is 8.66. The number of rotatable bonds is 5. The van der Waals surface area contributed by atoms with Crippen LogP contribution in [0.25, 0.3) is 11.6 Å². The van der Waals surface area contributed by atoms with Gasteiger partial charge in [-0.25, -0.2) is 4.98 Å². The van der Waals surface area contributed by atoms with Gasteiger partial charge in [0.25, 0.3) is 0 Å². The highest BCUT2D eigenvalue weighted by Crippen LogP contribution is 2.30. The molecule has 0 amide bonds. The number of nitriles is 1. The summed E-state index contributed by atoms with van der Waals surface area (Å²) in [5, 5.41) is 9.40. The smallest absolute Gasteiger partial charge is 0.212 e. The van der Waals surface area contributed by atoms with E-state index in [0.29, 0.717) is 23.0 Å². The molecule has 0 fully saturated rings. The van der Waals surface area contributed by atoms with Crippen LogP contribution >= 0.6 is 12.4 Å². The van der Waals surface area contributed by atoms with Crippen LogP contribution in [0.4, 0.5) is 0 Å². The maximum absolute atomic E-state index is 9.40. The number of hydrogen-bond donors (Lipinski definition) is 0. The molecule has 1 aromatic heterocycles. The van der Waals surface area contributed by atoms with E-state index in [-0.39, 0.29) is 12.4 Å². The summed E-state index contributed by atoms with van der Waals surface area (Å²) >= 11 is 0. The zero-order valence-corrected chi connectivity index (χ0v) is 13.9. The van der Waals surface area contributed by atoms with Crippen LogP contribution in [-0.2, 0) is 0 Å². The van der Waals surface area contributed by atoms with E-state index in [1.165, 1.54) is 0 Å². The number of ether oxygens (including phenoxy) is 3. The van der Waals surface area contributed by atoms with Gasteiger partial charge in [-0.3, -0.25) is 0 Å². The number of hydrogen-bond acceptors (Lipinski definition) is 5. The number of nitrogens with zero attached hydrogens (tertiary/aromatic N) is 2. The highest BCUT2D eigenvalue weighted by molar-refractivity contribution is 5.90. The van der Waals surface area contributed by atoms with Gasteiger partial charge in [-0.1, -0.05) is 0 Å². The van der Waals surface area contributed by atoms with Gasteiger partial charge in [-0.15, -0.1) is 12.4 Å². The summed E-state index contributed by atoms with van der Waals surface area (Å²) in [5.74, 6) is 1.73. The van der Waals surface area contributed by atoms with Crippen LogP contribution < -0.4 is 14.2 Å². The molecule has 23 heavy (non-hydrogen) atoms. The van der Waals surface area contributed by atoms with Gasteiger partial charge in [0.15, 0.2) is 11.5 Å². The van der Waals surface area contributed by atoms with E-state index in [0.717, 1.165) is 11.1 Å². The number of halogens is 1. The highest BCUT2D eigenvalue weighted by atomic mass is 35.5. The number of methoxy groups -OCH3 is 3. The summed E-state index contributed by atoms with van der Waals surface area (Å²) < 4.78 is 15.5. The van der Waals surface area contributed by atoms with Crippen molar-refractivity contribution in [1.29, 1.82) is 5.26 Å². The quantitative estimate of drug-likeness (QED) is 0.783. The average Bonchev–Trinajstić information content (AvgIpc) is 2.59. The maximum atomic E-state index is 9.40. The maximum Gasteiger partial charge on any atom is 0.212 e. The van der Waals surface area contributed by atoms with Crippen LogP contribution in [0.5, 0.6) is 17.4 Å². The summed E-state index contributed by atoms with van der Waals surface area (Å²) in [7, 11) is 4.69. The van der Waals surface area contributed by atoms with Gasteiger partial charge in [-0.2, -0.15) is 5.26 Å². The van der Waals surface area contributed by atoms with Crippen molar-refractivity contribution in [3.8, 4) is 23.4 Å². The molecule has 2 rings (SSSR count). The van der Waals surface area contributed by atoms with E-state index in [1.54, 1.807) is 51.8 Å². The molecule has 0 atom stereocenters. The molecule has 1 heterocycles. The Labute approximate surface area is 141 Å². The van der Waals surface area contributed by atoms with E-state index < -0.39 is 0 Å². The normalized spacial score (nSPS) is 10.3. The molecule has 0 bridgehead atoms. The zero-order chi connectivity index (χ0) is 15.9. The summed E-state index contributed by atoms with van der Waals surface area (Å²) in [6, 6.07) is 11.1. The minimum absolute atomic E-state index is 0. The van der Waals surface area contributed by atoms with Crippen LogP contribution in [-0.4, -0.2) is 26.3 Å². The molecule has 0 aliphatic heterocycles. The van der Waals surface area contributed by atoms with E-state index in [4.69, 9.17) is 14.2 Å². The highest BCUT2D eigenvalue weighted by Gasteiger charge is 2.08. The largest absolute Gasteiger partial charge is 0.493 e. The average molecular weight is 333 g/mol. The van der Waals surface area contributed by atoms with Crippen molar-refractivity contribution in [3.63, 3.8) is 0 Å². The second-order valence-electron chi connectivity index (χ2n) is 4.37. The third-order valence-corrected chi connectivity index (χ3v) is 3.09. The molecular formula is C17H17ClN2O3. The molecule has 0 radical (unpaired) electrons. The van der Waals surface area contributed by atoms with Crippen molar-refractivity contribution in [1.82, 2.24) is 4.98 Å². The Bertz CT molecular complexity index is 722. The van der Waals surface area contributed by atoms with Crippen LogP contribution in [0.2, 0.25) is 0 Å². The fourth-order valence-electron chi connectivity index (χ4n) is 1.95. The van der Waals surface area contributed by atoms with Gasteiger partial charge in [0.05, 0.1) is 33.0 Å². The van der Waals surface area contributed by atoms with E-state index >= 15 is 0 Å². The fourth-order valence-corrected chi connectivity index (χ4v) is 1.95. The predicted molar refractivity (Wildman–Crippen MR) is 91.1 cm³/mol. The van der Waals surface area contributed by atoms with Crippen LogP contribution in [0.1, 0.15) is 11.1 Å². The molecule has 0 aliphatic rings. The molecule has 6 heteroatoms. The summed E-state index contributed by atoms with van der Waals surface area (Å²) in [4.78, 5) is 4.12. The third kappa shape index (κ3) is 4.38. The van der Waals surface area contributed by atoms with Crippen molar-refractivity contribution in [3.05, 3.63) is 47.7 Å². The molecular weight excluding hydrogens is 316 g/mol. The zero-order valence-electron chi connectivity index (χ0n) is 13.1. The van der Waals surface area contributed by atoms with E-state index in [9.17, 15) is 5.26 Å². The number of pyridine rings is 1. The van der Waals surface area contributed by atoms with Crippen LogP contribution in [0, 0.1) is 11.3 Å². The van der Waals surface area contributed by atoms with Gasteiger partial charge >= 0.3 is 0 Å². The Morgan fingerprint density at radius 2 is 1.78 bits per heavy atom. The first-order valence-electron chi connectivity index (χ1n) is 6.56. The van der Waals surface area contributed by atoms with Gasteiger partial charge in [-0.05, 0) is 41.5 Å². The van der Waals surface area contributed by atoms with Crippen LogP contribution in [0.15, 0.2) is 36.5 Å². The predicted octanol–water partition coefficient (Wildman–Crippen LogP) is 3.59. The monoisotopic (exact) mass is 332 g/mol. The minimum atomic E-state index is 0. The van der Waals surface area contributed by atoms with E-state index in [1.807, 2.05) is 12.1 Å². The number of benzene rings is 1. The van der Waals surface area contributed by atoms with Crippen molar-refractivity contribution in [2.75, 3.05) is 21.3 Å². The Hall–Kier alpha value is -2.71. The molecule has 0 spiro atoms. The molecule has 0 saturated carbocycles. The Morgan fingerprint density at radius 3 is 2.30 bits per heavy atom. The van der Waals surface area contributed by atoms with Crippen molar-refractivity contribution in [2.24, 2.45) is 0 Å². The number of allylic oxidation sites excluding steroid dienone is 1. The first-order valence-corrected chi connectivity index (χ1v) is 6.56. The van der Waals surface area contributed by atoms with Gasteiger partial charge in [0, 0.05) is 12.3 Å². The van der Waals surface area contributed by atoms with Gasteiger partial charge < -0.3 is 14.2 Å². The first-order chi connectivity index (χ1) is 10.7. The van der Waals surface area contributed by atoms with Crippen molar-refractivity contribution < 1.29 is 14.2 Å². The summed E-state index contributed by atoms with van der Waals surface area (Å²) in [6.07, 6.45) is 3.41. The van der Waals surface area contributed by atoms with Gasteiger partial charge in [0.2, 0.25) is 5.88 Å². The topological polar surface area (TPSA) is 64.4 Å². The number of aromatic nitrogens is 1. The minimum Gasteiger partial charge on any atom is -0.493 e. The Kier molecular flexibility index (Phi) is 6.91. The molecule has 0 saturated heterocycles. The van der Waals surface area contributed by atoms with Crippen molar-refractivity contribution >= 4 is 24.1 Å². The fraction of sp³-hybridized carbons (Fsp3) is 0.176. The summed E-state index contributed by atoms with van der Waals surface area (Å²) in [5.41, 5.74) is 2.07. The first kappa shape index (κ1) is 18.3. The van der Waals surface area contributed by atoms with Crippen LogP contribution in [0.3, 0.4) is 0 Å². The Balaban J connectivity index is 0.00000264. The molecule has 0 aliphatic carbocycles. The lowest BCUT2D eigenvalue weighted by molar-refractivity contribution is 0.355. The lowest BCUT2D eigenvalue weighted by Gasteiger charge is -2.09. The Morgan fingerprint density at radius 1 is 1.04 bits per heavy atom. The summed E-state index contributed by atoms with van der Waals surface area (Å²) in [6.45, 7) is 0. The SMILES string of the molecule is COc1ccc(/C=C(\C#N)c2ccc(OC)c(OC)c2)cn1.Cl. The molecule has 120 valence electrons. The molecule has 0 N–H and O–H groups in total. The standard InChI is InChI=1S/C17H16N2O3.ClH/c1-20-15-6-5-13(9-16(15)21-2)14(10-18)8-12-4-7-17(22-3)19-11-12;/h4-9,11H,1-3H3;1H/b14-8+;. The molecule has 5 nitrogen and oxygen atoms in total. The van der Waals surface area contributed by atoms with E-state index in [2.05, 4.69) is 11.1 Å². The van der Waals surface area contributed by atoms with Gasteiger partial charge in [0.1, 0.15) is 0 Å². The molecule has 0 unspecified atom stereocenters.